The third kappa shape index (κ3) is 12.4. The lowest BCUT2D eigenvalue weighted by molar-refractivity contribution is -0.199. The highest BCUT2D eigenvalue weighted by atomic mass is 19.4. The van der Waals surface area contributed by atoms with E-state index in [1.807, 2.05) is 43.3 Å². The molecule has 45 heavy (non-hydrogen) atoms. The van der Waals surface area contributed by atoms with Crippen molar-refractivity contribution in [3.63, 3.8) is 0 Å². The summed E-state index contributed by atoms with van der Waals surface area (Å²) in [6.45, 7) is 3.84. The Labute approximate surface area is 262 Å². The molecule has 3 aromatic carbocycles. The SMILES string of the molecule is CCCCCCC(C)OC(=O)c1ccc(-c2ccc(OC(=O)c3ccc(CCCCCCOC(=O)C(F)(F)F)cc3)cc2)cc1. The van der Waals surface area contributed by atoms with Crippen molar-refractivity contribution in [3.05, 3.63) is 89.5 Å². The molecular formula is C36H41F3O6. The Morgan fingerprint density at radius 3 is 1.87 bits per heavy atom. The molecule has 1 unspecified atom stereocenters. The molecule has 0 fully saturated rings. The van der Waals surface area contributed by atoms with Crippen molar-refractivity contribution in [1.82, 2.24) is 0 Å². The molecule has 9 heteroatoms. The summed E-state index contributed by atoms with van der Waals surface area (Å²) in [6, 6.07) is 21.4. The van der Waals surface area contributed by atoms with Crippen LogP contribution < -0.4 is 4.74 Å². The summed E-state index contributed by atoms with van der Waals surface area (Å²) >= 11 is 0. The van der Waals surface area contributed by atoms with E-state index >= 15 is 0 Å². The van der Waals surface area contributed by atoms with Crippen LogP contribution in [0.3, 0.4) is 0 Å². The van der Waals surface area contributed by atoms with E-state index in [4.69, 9.17) is 9.47 Å². The van der Waals surface area contributed by atoms with Crippen molar-refractivity contribution >= 4 is 17.9 Å². The maximum Gasteiger partial charge on any atom is 0.490 e. The van der Waals surface area contributed by atoms with Crippen molar-refractivity contribution in [2.75, 3.05) is 6.61 Å². The molecule has 0 spiro atoms. The highest BCUT2D eigenvalue weighted by Crippen LogP contribution is 2.24. The van der Waals surface area contributed by atoms with Crippen molar-refractivity contribution in [1.29, 1.82) is 0 Å². The van der Waals surface area contributed by atoms with E-state index in [2.05, 4.69) is 11.7 Å². The highest BCUT2D eigenvalue weighted by Gasteiger charge is 2.40. The van der Waals surface area contributed by atoms with E-state index in [0.717, 1.165) is 55.2 Å². The molecule has 0 saturated carbocycles. The first-order valence-corrected chi connectivity index (χ1v) is 15.5. The molecule has 0 N–H and O–H groups in total. The standard InChI is InChI=1S/C36H41F3O6/c1-3-4-5-8-11-26(2)44-33(40)31-19-17-28(18-20-31)29-21-23-32(24-22-29)45-34(41)30-15-13-27(14-16-30)12-9-6-7-10-25-43-35(42)36(37,38)39/h13-24,26H,3-12,25H2,1-2H3. The Morgan fingerprint density at radius 1 is 0.689 bits per heavy atom. The van der Waals surface area contributed by atoms with Gasteiger partial charge in [-0.2, -0.15) is 13.2 Å². The normalized spacial score (nSPS) is 11.9. The Bertz CT molecular complexity index is 1350. The average Bonchev–Trinajstić information content (AvgIpc) is 3.02. The molecule has 0 amide bonds. The quantitative estimate of drug-likeness (QED) is 0.0844. The van der Waals surface area contributed by atoms with Crippen LogP contribution in [-0.4, -0.2) is 36.8 Å². The first-order chi connectivity index (χ1) is 21.6. The number of unbranched alkanes of at least 4 members (excludes halogenated alkanes) is 6. The summed E-state index contributed by atoms with van der Waals surface area (Å²) in [5, 5.41) is 0. The fraction of sp³-hybridized carbons (Fsp3) is 0.417. The van der Waals surface area contributed by atoms with Crippen molar-refractivity contribution in [2.24, 2.45) is 0 Å². The van der Waals surface area contributed by atoms with Gasteiger partial charge < -0.3 is 14.2 Å². The minimum Gasteiger partial charge on any atom is -0.459 e. The number of benzene rings is 3. The summed E-state index contributed by atoms with van der Waals surface area (Å²) in [6.07, 6.45) is 3.70. The number of rotatable bonds is 17. The van der Waals surface area contributed by atoms with Gasteiger partial charge in [0.2, 0.25) is 0 Å². The van der Waals surface area contributed by atoms with E-state index < -0.39 is 18.1 Å². The van der Waals surface area contributed by atoms with Crippen LogP contribution in [0.25, 0.3) is 11.1 Å². The molecule has 0 saturated heterocycles. The Kier molecular flexibility index (Phi) is 14.1. The molecule has 1 atom stereocenters. The number of halogens is 3. The van der Waals surface area contributed by atoms with Gasteiger partial charge >= 0.3 is 24.1 Å². The molecular weight excluding hydrogens is 585 g/mol. The van der Waals surface area contributed by atoms with Crippen LogP contribution in [0.15, 0.2) is 72.8 Å². The second kappa shape index (κ2) is 18.0. The lowest BCUT2D eigenvalue weighted by Gasteiger charge is -2.13. The van der Waals surface area contributed by atoms with Gasteiger partial charge in [0.05, 0.1) is 23.8 Å². The maximum absolute atomic E-state index is 12.6. The van der Waals surface area contributed by atoms with E-state index in [-0.39, 0.29) is 18.7 Å². The number of esters is 3. The zero-order valence-corrected chi connectivity index (χ0v) is 25.9. The monoisotopic (exact) mass is 626 g/mol. The zero-order valence-electron chi connectivity index (χ0n) is 25.9. The maximum atomic E-state index is 12.6. The van der Waals surface area contributed by atoms with Gasteiger partial charge in [-0.3, -0.25) is 0 Å². The number of carbonyl (C=O) groups excluding carboxylic acids is 3. The van der Waals surface area contributed by atoms with Crippen LogP contribution in [0.2, 0.25) is 0 Å². The fourth-order valence-corrected chi connectivity index (χ4v) is 4.69. The molecule has 242 valence electrons. The first-order valence-electron chi connectivity index (χ1n) is 15.5. The summed E-state index contributed by atoms with van der Waals surface area (Å²) in [5.41, 5.74) is 3.76. The summed E-state index contributed by atoms with van der Waals surface area (Å²) < 4.78 is 51.6. The highest BCUT2D eigenvalue weighted by molar-refractivity contribution is 5.91. The van der Waals surface area contributed by atoms with Gasteiger partial charge in [-0.25, -0.2) is 14.4 Å². The van der Waals surface area contributed by atoms with Crippen LogP contribution in [-0.2, 0) is 20.7 Å². The zero-order chi connectivity index (χ0) is 32.7. The summed E-state index contributed by atoms with van der Waals surface area (Å²) in [5.74, 6) is -2.56. The topological polar surface area (TPSA) is 78.9 Å². The van der Waals surface area contributed by atoms with Crippen LogP contribution >= 0.6 is 0 Å². The van der Waals surface area contributed by atoms with Crippen LogP contribution in [0.1, 0.15) is 97.9 Å². The molecule has 6 nitrogen and oxygen atoms in total. The van der Waals surface area contributed by atoms with E-state index in [1.165, 1.54) is 12.8 Å². The summed E-state index contributed by atoms with van der Waals surface area (Å²) in [4.78, 5) is 35.8. The molecule has 0 aromatic heterocycles. The predicted octanol–water partition coefficient (Wildman–Crippen LogP) is 9.30. The van der Waals surface area contributed by atoms with Crippen LogP contribution in [0.4, 0.5) is 13.2 Å². The third-order valence-corrected chi connectivity index (χ3v) is 7.31. The third-order valence-electron chi connectivity index (χ3n) is 7.31. The Hall–Kier alpha value is -4.14. The lowest BCUT2D eigenvalue weighted by atomic mass is 10.0. The molecule has 3 aromatic rings. The van der Waals surface area contributed by atoms with Gasteiger partial charge in [0.25, 0.3) is 0 Å². The molecule has 0 bridgehead atoms. The second-order valence-corrected chi connectivity index (χ2v) is 11.1. The Balaban J connectivity index is 1.40. The molecule has 0 radical (unpaired) electrons. The minimum atomic E-state index is -4.96. The van der Waals surface area contributed by atoms with Gasteiger partial charge in [0.1, 0.15) is 5.75 Å². The predicted molar refractivity (Wildman–Crippen MR) is 166 cm³/mol. The number of hydrogen-bond acceptors (Lipinski definition) is 6. The number of hydrogen-bond donors (Lipinski definition) is 0. The fourth-order valence-electron chi connectivity index (χ4n) is 4.69. The van der Waals surface area contributed by atoms with E-state index in [9.17, 15) is 27.6 Å². The molecule has 0 aliphatic rings. The summed E-state index contributed by atoms with van der Waals surface area (Å²) in [7, 11) is 0. The van der Waals surface area contributed by atoms with Crippen LogP contribution in [0.5, 0.6) is 5.75 Å². The smallest absolute Gasteiger partial charge is 0.459 e. The van der Waals surface area contributed by atoms with Gasteiger partial charge in [-0.05, 0) is 92.1 Å². The molecule has 0 aliphatic heterocycles. The van der Waals surface area contributed by atoms with Crippen molar-refractivity contribution in [3.8, 4) is 16.9 Å². The second-order valence-electron chi connectivity index (χ2n) is 11.1. The average molecular weight is 627 g/mol. The molecule has 3 rings (SSSR count). The molecule has 0 heterocycles. The van der Waals surface area contributed by atoms with E-state index in [0.29, 0.717) is 29.7 Å². The molecule has 0 aliphatic carbocycles. The Morgan fingerprint density at radius 2 is 1.24 bits per heavy atom. The van der Waals surface area contributed by atoms with Gasteiger partial charge in [-0.1, -0.05) is 75.4 Å². The number of ether oxygens (including phenoxy) is 3. The number of aryl methyl sites for hydroxylation is 1. The minimum absolute atomic E-state index is 0.120. The van der Waals surface area contributed by atoms with Gasteiger partial charge in [0.15, 0.2) is 0 Å². The van der Waals surface area contributed by atoms with Gasteiger partial charge in [0, 0.05) is 0 Å². The first kappa shape index (κ1) is 35.3. The van der Waals surface area contributed by atoms with Crippen LogP contribution in [0, 0.1) is 0 Å². The lowest BCUT2D eigenvalue weighted by Crippen LogP contribution is -2.25. The van der Waals surface area contributed by atoms with Crippen molar-refractivity contribution < 1.29 is 41.8 Å². The number of alkyl halides is 3. The number of carbonyl (C=O) groups is 3. The van der Waals surface area contributed by atoms with E-state index in [1.54, 1.807) is 36.4 Å². The van der Waals surface area contributed by atoms with Crippen molar-refractivity contribution in [2.45, 2.75) is 90.3 Å². The van der Waals surface area contributed by atoms with Gasteiger partial charge in [-0.15, -0.1) is 0 Å². The largest absolute Gasteiger partial charge is 0.490 e.